The Balaban J connectivity index is 1.83. The summed E-state index contributed by atoms with van der Waals surface area (Å²) in [5.74, 6) is 0.722. The number of carbonyl (C=O) groups excluding carboxylic acids is 1. The van der Waals surface area contributed by atoms with Gasteiger partial charge in [-0.1, -0.05) is 31.5 Å². The first-order valence-electron chi connectivity index (χ1n) is 9.12. The molecule has 0 bridgehead atoms. The molecule has 0 aliphatic carbocycles. The summed E-state index contributed by atoms with van der Waals surface area (Å²) in [6.45, 7) is 4.85. The number of carbonyl (C=O) groups is 1. The Labute approximate surface area is 169 Å². The summed E-state index contributed by atoms with van der Waals surface area (Å²) < 4.78 is 0. The molecule has 2 aromatic heterocycles. The lowest BCUT2D eigenvalue weighted by atomic mass is 10.1. The van der Waals surface area contributed by atoms with Gasteiger partial charge in [0.2, 0.25) is 5.95 Å². The minimum Gasteiger partial charge on any atom is -0.351 e. The van der Waals surface area contributed by atoms with Gasteiger partial charge >= 0.3 is 0 Å². The summed E-state index contributed by atoms with van der Waals surface area (Å²) in [5.41, 5.74) is 2.39. The molecule has 1 aromatic carbocycles. The lowest BCUT2D eigenvalue weighted by Gasteiger charge is -2.11. The van der Waals surface area contributed by atoms with Gasteiger partial charge in [0.1, 0.15) is 5.69 Å². The second-order valence-electron chi connectivity index (χ2n) is 6.74. The fraction of sp³-hybridized carbons (Fsp3) is 0.238. The zero-order valence-electron chi connectivity index (χ0n) is 15.8. The molecule has 0 unspecified atom stereocenters. The zero-order valence-corrected chi connectivity index (χ0v) is 16.6. The van der Waals surface area contributed by atoms with E-state index < -0.39 is 0 Å². The Morgan fingerprint density at radius 3 is 2.75 bits per heavy atom. The molecule has 0 aliphatic heterocycles. The van der Waals surface area contributed by atoms with Crippen molar-refractivity contribution in [2.75, 3.05) is 11.9 Å². The summed E-state index contributed by atoms with van der Waals surface area (Å²) in [6, 6.07) is 12.7. The van der Waals surface area contributed by atoms with Gasteiger partial charge in [-0.3, -0.25) is 9.78 Å². The SMILES string of the molecule is CC(C)CCNC(=O)c1ncccc1-c1ccnc(Nc2cccc(Cl)c2)n1. The monoisotopic (exact) mass is 395 g/mol. The highest BCUT2D eigenvalue weighted by Crippen LogP contribution is 2.23. The van der Waals surface area contributed by atoms with Crippen molar-refractivity contribution in [3.63, 3.8) is 0 Å². The Bertz CT molecular complexity index is 961. The number of nitrogens with zero attached hydrogens (tertiary/aromatic N) is 3. The maximum absolute atomic E-state index is 12.6. The molecule has 6 nitrogen and oxygen atoms in total. The molecule has 2 heterocycles. The molecular formula is C21H22ClN5O. The standard InChI is InChI=1S/C21H22ClN5O/c1-14(2)8-11-24-20(28)19-17(7-4-10-23-19)18-9-12-25-21(27-18)26-16-6-3-5-15(22)13-16/h3-7,9-10,12-14H,8,11H2,1-2H3,(H,24,28)(H,25,26,27). The molecule has 28 heavy (non-hydrogen) atoms. The van der Waals surface area contributed by atoms with E-state index in [1.807, 2.05) is 18.2 Å². The maximum atomic E-state index is 12.6. The third-order valence-corrected chi connectivity index (χ3v) is 4.28. The van der Waals surface area contributed by atoms with Crippen molar-refractivity contribution >= 4 is 29.1 Å². The Morgan fingerprint density at radius 2 is 1.96 bits per heavy atom. The number of halogens is 1. The molecule has 0 atom stereocenters. The minimum atomic E-state index is -0.209. The predicted molar refractivity (Wildman–Crippen MR) is 112 cm³/mol. The van der Waals surface area contributed by atoms with E-state index in [9.17, 15) is 4.79 Å². The Hall–Kier alpha value is -2.99. The maximum Gasteiger partial charge on any atom is 0.270 e. The number of hydrogen-bond acceptors (Lipinski definition) is 5. The number of rotatable bonds is 7. The summed E-state index contributed by atoms with van der Waals surface area (Å²) in [6.07, 6.45) is 4.16. The number of aromatic nitrogens is 3. The van der Waals surface area contributed by atoms with Crippen molar-refractivity contribution in [2.45, 2.75) is 20.3 Å². The second-order valence-corrected chi connectivity index (χ2v) is 7.18. The van der Waals surface area contributed by atoms with Gasteiger partial charge in [0.05, 0.1) is 5.69 Å². The first-order chi connectivity index (χ1) is 13.5. The lowest BCUT2D eigenvalue weighted by Crippen LogP contribution is -2.26. The van der Waals surface area contributed by atoms with E-state index in [4.69, 9.17) is 11.6 Å². The molecular weight excluding hydrogens is 374 g/mol. The third-order valence-electron chi connectivity index (χ3n) is 4.04. The van der Waals surface area contributed by atoms with Crippen LogP contribution in [-0.2, 0) is 0 Å². The highest BCUT2D eigenvalue weighted by atomic mass is 35.5. The topological polar surface area (TPSA) is 79.8 Å². The van der Waals surface area contributed by atoms with Gasteiger partial charge in [0.25, 0.3) is 5.91 Å². The predicted octanol–water partition coefficient (Wildman–Crippen LogP) is 4.71. The van der Waals surface area contributed by atoms with Gasteiger partial charge in [0.15, 0.2) is 0 Å². The van der Waals surface area contributed by atoms with E-state index in [0.29, 0.717) is 40.4 Å². The molecule has 3 aromatic rings. The molecule has 0 fully saturated rings. The first kappa shape index (κ1) is 19.8. The van der Waals surface area contributed by atoms with Crippen LogP contribution in [0, 0.1) is 5.92 Å². The molecule has 0 spiro atoms. The number of anilines is 2. The van der Waals surface area contributed by atoms with E-state index in [2.05, 4.69) is 39.4 Å². The molecule has 1 amide bonds. The van der Waals surface area contributed by atoms with E-state index in [0.717, 1.165) is 12.1 Å². The van der Waals surface area contributed by atoms with Crippen LogP contribution in [0.4, 0.5) is 11.6 Å². The average molecular weight is 396 g/mol. The number of nitrogens with one attached hydrogen (secondary N) is 2. The van der Waals surface area contributed by atoms with Crippen molar-refractivity contribution < 1.29 is 4.79 Å². The first-order valence-corrected chi connectivity index (χ1v) is 9.50. The highest BCUT2D eigenvalue weighted by Gasteiger charge is 2.15. The van der Waals surface area contributed by atoms with Crippen LogP contribution in [0.5, 0.6) is 0 Å². The number of amides is 1. The molecule has 0 radical (unpaired) electrons. The third kappa shape index (κ3) is 5.27. The highest BCUT2D eigenvalue weighted by molar-refractivity contribution is 6.30. The molecule has 144 valence electrons. The Morgan fingerprint density at radius 1 is 1.11 bits per heavy atom. The van der Waals surface area contributed by atoms with Gasteiger partial charge in [-0.05, 0) is 48.7 Å². The Kier molecular flexibility index (Phi) is 6.55. The summed E-state index contributed by atoms with van der Waals surface area (Å²) >= 11 is 6.02. The molecule has 0 aliphatic rings. The fourth-order valence-electron chi connectivity index (χ4n) is 2.62. The van der Waals surface area contributed by atoms with Crippen molar-refractivity contribution in [1.29, 1.82) is 0 Å². The molecule has 0 saturated carbocycles. The van der Waals surface area contributed by atoms with Crippen molar-refractivity contribution in [3.05, 3.63) is 65.6 Å². The quantitative estimate of drug-likeness (QED) is 0.605. The van der Waals surface area contributed by atoms with Crippen molar-refractivity contribution in [2.24, 2.45) is 5.92 Å². The second kappa shape index (κ2) is 9.28. The largest absolute Gasteiger partial charge is 0.351 e. The summed E-state index contributed by atoms with van der Waals surface area (Å²) in [5, 5.41) is 6.67. The smallest absolute Gasteiger partial charge is 0.270 e. The normalized spacial score (nSPS) is 10.7. The zero-order chi connectivity index (χ0) is 19.9. The molecule has 7 heteroatoms. The van der Waals surface area contributed by atoms with E-state index in [1.165, 1.54) is 0 Å². The summed E-state index contributed by atoms with van der Waals surface area (Å²) in [4.78, 5) is 25.6. The van der Waals surface area contributed by atoms with E-state index in [1.54, 1.807) is 36.7 Å². The van der Waals surface area contributed by atoms with Gasteiger partial charge < -0.3 is 10.6 Å². The van der Waals surface area contributed by atoms with Gasteiger partial charge in [-0.15, -0.1) is 0 Å². The number of benzene rings is 1. The van der Waals surface area contributed by atoms with Crippen LogP contribution in [0.1, 0.15) is 30.8 Å². The van der Waals surface area contributed by atoms with Gasteiger partial charge in [-0.25, -0.2) is 9.97 Å². The van der Waals surface area contributed by atoms with Crippen LogP contribution in [0.2, 0.25) is 5.02 Å². The molecule has 0 saturated heterocycles. The number of pyridine rings is 1. The van der Waals surface area contributed by atoms with Crippen LogP contribution in [0.25, 0.3) is 11.3 Å². The molecule has 2 N–H and O–H groups in total. The van der Waals surface area contributed by atoms with Crippen LogP contribution in [-0.4, -0.2) is 27.4 Å². The van der Waals surface area contributed by atoms with Crippen molar-refractivity contribution in [1.82, 2.24) is 20.3 Å². The van der Waals surface area contributed by atoms with Gasteiger partial charge in [0, 0.05) is 35.2 Å². The van der Waals surface area contributed by atoms with Crippen LogP contribution in [0.15, 0.2) is 54.9 Å². The lowest BCUT2D eigenvalue weighted by molar-refractivity contribution is 0.0947. The average Bonchev–Trinajstić information content (AvgIpc) is 2.68. The molecule has 3 rings (SSSR count). The fourth-order valence-corrected chi connectivity index (χ4v) is 2.81. The summed E-state index contributed by atoms with van der Waals surface area (Å²) in [7, 11) is 0. The van der Waals surface area contributed by atoms with E-state index >= 15 is 0 Å². The van der Waals surface area contributed by atoms with Crippen LogP contribution >= 0.6 is 11.6 Å². The van der Waals surface area contributed by atoms with E-state index in [-0.39, 0.29) is 5.91 Å². The minimum absolute atomic E-state index is 0.209. The van der Waals surface area contributed by atoms with Crippen LogP contribution in [0.3, 0.4) is 0 Å². The van der Waals surface area contributed by atoms with Crippen LogP contribution < -0.4 is 10.6 Å². The van der Waals surface area contributed by atoms with Gasteiger partial charge in [-0.2, -0.15) is 0 Å². The number of hydrogen-bond donors (Lipinski definition) is 2. The van der Waals surface area contributed by atoms with Crippen molar-refractivity contribution in [3.8, 4) is 11.3 Å².